The van der Waals surface area contributed by atoms with E-state index < -0.39 is 0 Å². The second kappa shape index (κ2) is 13.3. The van der Waals surface area contributed by atoms with Crippen LogP contribution in [0, 0.1) is 12.7 Å². The van der Waals surface area contributed by atoms with E-state index >= 15 is 0 Å². The van der Waals surface area contributed by atoms with Crippen molar-refractivity contribution in [2.24, 2.45) is 0 Å². The first-order chi connectivity index (χ1) is 17.8. The fraction of sp³-hybridized carbons (Fsp3) is 0.172. The lowest BCUT2D eigenvalue weighted by Crippen LogP contribution is -2.11. The van der Waals surface area contributed by atoms with Crippen LogP contribution >= 0.6 is 11.6 Å². The van der Waals surface area contributed by atoms with Crippen LogP contribution in [-0.2, 0) is 4.79 Å². The summed E-state index contributed by atoms with van der Waals surface area (Å²) in [6.07, 6.45) is 2.17. The number of pyridine rings is 1. The summed E-state index contributed by atoms with van der Waals surface area (Å²) in [6, 6.07) is 23.1. The van der Waals surface area contributed by atoms with Gasteiger partial charge in [-0.1, -0.05) is 59.6 Å². The van der Waals surface area contributed by atoms with Gasteiger partial charge >= 0.3 is 0 Å². The summed E-state index contributed by atoms with van der Waals surface area (Å²) in [5.74, 6) is 0.129. The Morgan fingerprint density at radius 2 is 1.51 bits per heavy atom. The molecule has 1 aromatic heterocycles. The van der Waals surface area contributed by atoms with Crippen molar-refractivity contribution in [3.63, 3.8) is 0 Å². The molecule has 0 bridgehead atoms. The highest BCUT2D eigenvalue weighted by Crippen LogP contribution is 2.32. The molecule has 37 heavy (non-hydrogen) atoms. The van der Waals surface area contributed by atoms with Gasteiger partial charge in [-0.25, -0.2) is 9.37 Å². The molecule has 8 heteroatoms. The number of amides is 1. The minimum absolute atomic E-state index is 0.281. The van der Waals surface area contributed by atoms with Gasteiger partial charge in [0, 0.05) is 19.2 Å². The van der Waals surface area contributed by atoms with Crippen molar-refractivity contribution in [1.82, 2.24) is 10.3 Å². The van der Waals surface area contributed by atoms with Crippen LogP contribution in [0.15, 0.2) is 79.0 Å². The van der Waals surface area contributed by atoms with Gasteiger partial charge < -0.3 is 21.3 Å². The molecular weight excluding hydrogens is 489 g/mol. The van der Waals surface area contributed by atoms with Crippen LogP contribution in [0.3, 0.4) is 0 Å². The molecule has 0 spiro atoms. The topological polar surface area (TPSA) is 78.1 Å². The zero-order valence-corrected chi connectivity index (χ0v) is 22.0. The Bertz CT molecular complexity index is 1330. The van der Waals surface area contributed by atoms with Gasteiger partial charge in [0.05, 0.1) is 34.0 Å². The van der Waals surface area contributed by atoms with Gasteiger partial charge in [0.2, 0.25) is 6.41 Å². The Morgan fingerprint density at radius 1 is 0.865 bits per heavy atom. The summed E-state index contributed by atoms with van der Waals surface area (Å²) in [5.41, 5.74) is 5.82. The predicted octanol–water partition coefficient (Wildman–Crippen LogP) is 7.52. The molecule has 0 saturated carbocycles. The monoisotopic (exact) mass is 519 g/mol. The van der Waals surface area contributed by atoms with Crippen molar-refractivity contribution < 1.29 is 9.18 Å². The van der Waals surface area contributed by atoms with Crippen molar-refractivity contribution in [1.29, 1.82) is 0 Å². The molecule has 0 saturated heterocycles. The van der Waals surface area contributed by atoms with Gasteiger partial charge in [0.1, 0.15) is 11.6 Å². The highest BCUT2D eigenvalue weighted by Gasteiger charge is 2.10. The molecule has 0 aliphatic heterocycles. The Balaban J connectivity index is 0.000000886. The van der Waals surface area contributed by atoms with E-state index in [1.54, 1.807) is 25.4 Å². The van der Waals surface area contributed by atoms with Crippen molar-refractivity contribution in [3.8, 4) is 11.1 Å². The number of carbonyl (C=O) groups is 1. The molecule has 1 heterocycles. The van der Waals surface area contributed by atoms with Crippen molar-refractivity contribution in [2.75, 3.05) is 23.0 Å². The molecule has 0 aliphatic carbocycles. The number of halogens is 2. The van der Waals surface area contributed by atoms with Crippen molar-refractivity contribution >= 4 is 46.6 Å². The average Bonchev–Trinajstić information content (AvgIpc) is 2.88. The molecule has 0 fully saturated rings. The molecule has 0 radical (unpaired) electrons. The molecular formula is C29H31ClFN5O. The van der Waals surface area contributed by atoms with Crippen molar-refractivity contribution in [2.45, 2.75) is 26.8 Å². The summed E-state index contributed by atoms with van der Waals surface area (Å²) < 4.78 is 14.9. The van der Waals surface area contributed by atoms with E-state index in [-0.39, 0.29) is 11.9 Å². The van der Waals surface area contributed by atoms with E-state index in [2.05, 4.69) is 40.1 Å². The zero-order chi connectivity index (χ0) is 26.8. The molecule has 4 N–H and O–H groups in total. The van der Waals surface area contributed by atoms with Crippen LogP contribution in [0.2, 0.25) is 5.02 Å². The second-order valence-corrected chi connectivity index (χ2v) is 9.02. The third kappa shape index (κ3) is 7.95. The first-order valence-electron chi connectivity index (χ1n) is 11.8. The third-order valence-corrected chi connectivity index (χ3v) is 5.53. The number of anilines is 5. The average molecular weight is 520 g/mol. The van der Waals surface area contributed by atoms with E-state index in [1.165, 1.54) is 11.6 Å². The number of hydrogen-bond donors (Lipinski definition) is 4. The number of aromatic nitrogens is 1. The first-order valence-corrected chi connectivity index (χ1v) is 12.2. The Labute approximate surface area is 222 Å². The SMILES string of the molecule is CNC=O.Cc1ccc(-c2ccc(Nc3cc(Nc4ccccc4NC(C)C)c(Cl)cn3)c(F)c2)cc1. The van der Waals surface area contributed by atoms with Crippen LogP contribution in [0.5, 0.6) is 0 Å². The summed E-state index contributed by atoms with van der Waals surface area (Å²) in [5, 5.41) is 12.5. The van der Waals surface area contributed by atoms with E-state index in [9.17, 15) is 4.39 Å². The van der Waals surface area contributed by atoms with E-state index in [0.29, 0.717) is 28.6 Å². The smallest absolute Gasteiger partial charge is 0.206 e. The fourth-order valence-corrected chi connectivity index (χ4v) is 3.61. The number of carbonyl (C=O) groups excluding carboxylic acids is 1. The normalized spacial score (nSPS) is 10.2. The maximum atomic E-state index is 14.9. The van der Waals surface area contributed by atoms with Gasteiger partial charge in [-0.3, -0.25) is 4.79 Å². The van der Waals surface area contributed by atoms with Gasteiger partial charge in [-0.05, 0) is 56.2 Å². The number of rotatable bonds is 8. The number of nitrogens with zero attached hydrogens (tertiary/aromatic N) is 1. The Hall–Kier alpha value is -4.10. The summed E-state index contributed by atoms with van der Waals surface area (Å²) in [4.78, 5) is 13.4. The van der Waals surface area contributed by atoms with Crippen LogP contribution in [-0.4, -0.2) is 24.5 Å². The number of para-hydroxylation sites is 2. The van der Waals surface area contributed by atoms with Gasteiger partial charge in [0.25, 0.3) is 0 Å². The Kier molecular flexibility index (Phi) is 9.86. The lowest BCUT2D eigenvalue weighted by Gasteiger charge is -2.17. The molecule has 0 atom stereocenters. The second-order valence-electron chi connectivity index (χ2n) is 8.61. The number of nitrogens with one attached hydrogen (secondary N) is 4. The van der Waals surface area contributed by atoms with Gasteiger partial charge in [0.15, 0.2) is 0 Å². The van der Waals surface area contributed by atoms with Crippen molar-refractivity contribution in [3.05, 3.63) is 95.4 Å². The van der Waals surface area contributed by atoms with E-state index in [0.717, 1.165) is 22.5 Å². The third-order valence-electron chi connectivity index (χ3n) is 5.23. The number of benzene rings is 3. The lowest BCUT2D eigenvalue weighted by atomic mass is 10.0. The minimum atomic E-state index is -0.356. The molecule has 192 valence electrons. The maximum Gasteiger partial charge on any atom is 0.206 e. The molecule has 4 aromatic rings. The van der Waals surface area contributed by atoms with E-state index in [4.69, 9.17) is 16.4 Å². The standard InChI is InChI=1S/C27H26ClFN4.C2H5NO/c1-17(2)31-24-6-4-5-7-25(24)32-26-15-27(30-16-21(26)28)33-23-13-12-20(14-22(23)29)19-10-8-18(3)9-11-19;1-3-2-4/h4-17,31H,1-3H3,(H2,30,32,33);2H,1H3,(H,3,4). The molecule has 6 nitrogen and oxygen atoms in total. The molecule has 0 aliphatic rings. The largest absolute Gasteiger partial charge is 0.381 e. The molecule has 0 unspecified atom stereocenters. The van der Waals surface area contributed by atoms with E-state index in [1.807, 2.05) is 61.5 Å². The van der Waals surface area contributed by atoms with Crippen LogP contribution < -0.4 is 21.3 Å². The lowest BCUT2D eigenvalue weighted by molar-refractivity contribution is -0.109. The predicted molar refractivity (Wildman–Crippen MR) is 153 cm³/mol. The van der Waals surface area contributed by atoms with Crippen LogP contribution in [0.25, 0.3) is 11.1 Å². The highest BCUT2D eigenvalue weighted by atomic mass is 35.5. The fourth-order valence-electron chi connectivity index (χ4n) is 3.46. The zero-order valence-electron chi connectivity index (χ0n) is 21.3. The minimum Gasteiger partial charge on any atom is -0.381 e. The summed E-state index contributed by atoms with van der Waals surface area (Å²) in [7, 11) is 1.56. The summed E-state index contributed by atoms with van der Waals surface area (Å²) >= 11 is 6.39. The van der Waals surface area contributed by atoms with Crippen LogP contribution in [0.4, 0.5) is 33.0 Å². The first kappa shape index (κ1) is 27.5. The summed E-state index contributed by atoms with van der Waals surface area (Å²) in [6.45, 7) is 6.19. The molecule has 3 aromatic carbocycles. The van der Waals surface area contributed by atoms with Gasteiger partial charge in [-0.15, -0.1) is 0 Å². The number of aryl methyl sites for hydroxylation is 1. The maximum absolute atomic E-state index is 14.9. The highest BCUT2D eigenvalue weighted by molar-refractivity contribution is 6.33. The number of hydrogen-bond acceptors (Lipinski definition) is 5. The Morgan fingerprint density at radius 3 is 2.14 bits per heavy atom. The van der Waals surface area contributed by atoms with Gasteiger partial charge in [-0.2, -0.15) is 0 Å². The molecule has 4 rings (SSSR count). The molecule has 1 amide bonds. The quantitative estimate of drug-likeness (QED) is 0.181. The van der Waals surface area contributed by atoms with Crippen LogP contribution in [0.1, 0.15) is 19.4 Å².